The first-order valence-corrected chi connectivity index (χ1v) is 6.87. The fourth-order valence-corrected chi connectivity index (χ4v) is 1.92. The number of anilines is 3. The van der Waals surface area contributed by atoms with Gasteiger partial charge in [0, 0.05) is 12.4 Å². The molecule has 2 aromatic heterocycles. The fraction of sp³-hybridized carbons (Fsp3) is 0.0625. The van der Waals surface area contributed by atoms with Crippen LogP contribution in [0.25, 0.3) is 0 Å². The van der Waals surface area contributed by atoms with E-state index in [9.17, 15) is 4.39 Å². The van der Waals surface area contributed by atoms with E-state index in [1.54, 1.807) is 30.7 Å². The van der Waals surface area contributed by atoms with Crippen LogP contribution in [0.5, 0.6) is 5.75 Å². The van der Waals surface area contributed by atoms with Gasteiger partial charge in [0.2, 0.25) is 0 Å². The van der Waals surface area contributed by atoms with Gasteiger partial charge in [-0.2, -0.15) is 0 Å². The minimum absolute atomic E-state index is 0.194. The molecule has 0 saturated heterocycles. The number of rotatable bonds is 5. The van der Waals surface area contributed by atoms with Gasteiger partial charge in [0.1, 0.15) is 24.0 Å². The van der Waals surface area contributed by atoms with Crippen molar-refractivity contribution in [2.24, 2.45) is 0 Å². The first-order chi connectivity index (χ1) is 11.2. The quantitative estimate of drug-likeness (QED) is 0.705. The van der Waals surface area contributed by atoms with Crippen LogP contribution in [0.4, 0.5) is 21.6 Å². The molecule has 0 unspecified atom stereocenters. The summed E-state index contributed by atoms with van der Waals surface area (Å²) in [6.07, 6.45) is 5.91. The second-order valence-electron chi connectivity index (χ2n) is 4.69. The molecule has 1 aromatic carbocycles. The summed E-state index contributed by atoms with van der Waals surface area (Å²) < 4.78 is 18.5. The number of hydrogen-bond acceptors (Lipinski definition) is 6. The average Bonchev–Trinajstić information content (AvgIpc) is 2.58. The summed E-state index contributed by atoms with van der Waals surface area (Å²) >= 11 is 0. The van der Waals surface area contributed by atoms with E-state index in [1.807, 2.05) is 12.1 Å². The van der Waals surface area contributed by atoms with Gasteiger partial charge in [-0.1, -0.05) is 6.07 Å². The van der Waals surface area contributed by atoms with Gasteiger partial charge in [0.05, 0.1) is 29.5 Å². The third kappa shape index (κ3) is 3.70. The van der Waals surface area contributed by atoms with Crippen molar-refractivity contribution >= 4 is 17.2 Å². The van der Waals surface area contributed by atoms with Crippen molar-refractivity contribution in [2.75, 3.05) is 11.1 Å². The number of nitrogens with zero attached hydrogens (tertiary/aromatic N) is 3. The standard InChI is InChI=1S/C16H14FN5O/c17-11-4-5-12(21-8-11)10-23-14-3-1-2-13(16(14)18)22-15-9-19-6-7-20-15/h1-9H,10,18H2,(H,20,22). The molecule has 23 heavy (non-hydrogen) atoms. The van der Waals surface area contributed by atoms with Crippen LogP contribution in [-0.2, 0) is 6.61 Å². The molecule has 0 saturated carbocycles. The summed E-state index contributed by atoms with van der Waals surface area (Å²) in [7, 11) is 0. The van der Waals surface area contributed by atoms with E-state index < -0.39 is 0 Å². The van der Waals surface area contributed by atoms with Gasteiger partial charge in [-0.15, -0.1) is 0 Å². The maximum Gasteiger partial charge on any atom is 0.148 e. The SMILES string of the molecule is Nc1c(Nc2cnccn2)cccc1OCc1ccc(F)cn1. The molecule has 116 valence electrons. The molecule has 0 bridgehead atoms. The Bertz CT molecular complexity index is 780. The van der Waals surface area contributed by atoms with Crippen LogP contribution in [0.1, 0.15) is 5.69 Å². The highest BCUT2D eigenvalue weighted by Gasteiger charge is 2.07. The summed E-state index contributed by atoms with van der Waals surface area (Å²) in [5.41, 5.74) is 7.82. The van der Waals surface area contributed by atoms with Crippen LogP contribution >= 0.6 is 0 Å². The molecular weight excluding hydrogens is 297 g/mol. The second kappa shape index (κ2) is 6.69. The van der Waals surface area contributed by atoms with Crippen LogP contribution in [0.15, 0.2) is 55.1 Å². The zero-order chi connectivity index (χ0) is 16.1. The number of pyridine rings is 1. The largest absolute Gasteiger partial charge is 0.485 e. The van der Waals surface area contributed by atoms with E-state index in [2.05, 4.69) is 20.3 Å². The third-order valence-corrected chi connectivity index (χ3v) is 3.06. The van der Waals surface area contributed by atoms with Gasteiger partial charge in [-0.3, -0.25) is 9.97 Å². The fourth-order valence-electron chi connectivity index (χ4n) is 1.92. The van der Waals surface area contributed by atoms with Crippen LogP contribution in [0, 0.1) is 5.82 Å². The number of nitrogens with one attached hydrogen (secondary N) is 1. The molecule has 0 aliphatic rings. The lowest BCUT2D eigenvalue weighted by Crippen LogP contribution is -2.03. The molecule has 0 radical (unpaired) electrons. The highest BCUT2D eigenvalue weighted by atomic mass is 19.1. The van der Waals surface area contributed by atoms with Gasteiger partial charge in [-0.25, -0.2) is 9.37 Å². The average molecular weight is 311 g/mol. The number of hydrogen-bond donors (Lipinski definition) is 2. The molecule has 3 N–H and O–H groups in total. The topological polar surface area (TPSA) is 86.0 Å². The number of benzene rings is 1. The Hall–Kier alpha value is -3.22. The van der Waals surface area contributed by atoms with E-state index in [-0.39, 0.29) is 12.4 Å². The van der Waals surface area contributed by atoms with E-state index in [0.29, 0.717) is 28.6 Å². The number of nitrogens with two attached hydrogens (primary N) is 1. The predicted molar refractivity (Wildman–Crippen MR) is 84.7 cm³/mol. The van der Waals surface area contributed by atoms with E-state index in [4.69, 9.17) is 10.5 Å². The molecular formula is C16H14FN5O. The molecule has 0 amide bonds. The normalized spacial score (nSPS) is 10.3. The zero-order valence-electron chi connectivity index (χ0n) is 12.1. The number of nitrogen functional groups attached to an aromatic ring is 1. The second-order valence-corrected chi connectivity index (χ2v) is 4.69. The lowest BCUT2D eigenvalue weighted by molar-refractivity contribution is 0.303. The van der Waals surface area contributed by atoms with Crippen molar-refractivity contribution in [1.82, 2.24) is 15.0 Å². The smallest absolute Gasteiger partial charge is 0.148 e. The maximum atomic E-state index is 12.8. The third-order valence-electron chi connectivity index (χ3n) is 3.06. The van der Waals surface area contributed by atoms with Crippen molar-refractivity contribution in [2.45, 2.75) is 6.61 Å². The molecule has 0 aliphatic heterocycles. The van der Waals surface area contributed by atoms with Crippen molar-refractivity contribution in [1.29, 1.82) is 0 Å². The van der Waals surface area contributed by atoms with E-state index >= 15 is 0 Å². The minimum atomic E-state index is -0.386. The number of ether oxygens (including phenoxy) is 1. The number of halogens is 1. The Balaban J connectivity index is 1.73. The molecule has 3 aromatic rings. The van der Waals surface area contributed by atoms with Gasteiger partial charge in [0.25, 0.3) is 0 Å². The molecule has 0 aliphatic carbocycles. The number of aromatic nitrogens is 3. The number of para-hydroxylation sites is 1. The maximum absolute atomic E-state index is 12.8. The summed E-state index contributed by atoms with van der Waals surface area (Å²) in [5.74, 6) is 0.699. The van der Waals surface area contributed by atoms with E-state index in [0.717, 1.165) is 6.20 Å². The minimum Gasteiger partial charge on any atom is -0.485 e. The molecule has 7 heteroatoms. The highest BCUT2D eigenvalue weighted by Crippen LogP contribution is 2.31. The summed E-state index contributed by atoms with van der Waals surface area (Å²) in [4.78, 5) is 12.0. The summed E-state index contributed by atoms with van der Waals surface area (Å²) in [6.45, 7) is 0.194. The first kappa shape index (κ1) is 14.7. The van der Waals surface area contributed by atoms with Gasteiger partial charge < -0.3 is 15.8 Å². The van der Waals surface area contributed by atoms with Crippen molar-refractivity contribution < 1.29 is 9.13 Å². The molecule has 0 atom stereocenters. The Morgan fingerprint density at radius 2 is 2.00 bits per heavy atom. The van der Waals surface area contributed by atoms with Crippen molar-refractivity contribution in [3.63, 3.8) is 0 Å². The highest BCUT2D eigenvalue weighted by molar-refractivity contribution is 5.76. The van der Waals surface area contributed by atoms with Gasteiger partial charge in [0.15, 0.2) is 0 Å². The predicted octanol–water partition coefficient (Wildman–Crippen LogP) is 2.92. The lowest BCUT2D eigenvalue weighted by Gasteiger charge is -2.13. The molecule has 3 rings (SSSR count). The molecule has 2 heterocycles. The summed E-state index contributed by atoms with van der Waals surface area (Å²) in [5, 5.41) is 3.07. The Kier molecular flexibility index (Phi) is 4.28. The van der Waals surface area contributed by atoms with Crippen LogP contribution in [-0.4, -0.2) is 15.0 Å². The van der Waals surface area contributed by atoms with Crippen LogP contribution in [0.2, 0.25) is 0 Å². The van der Waals surface area contributed by atoms with Crippen molar-refractivity contribution in [3.8, 4) is 5.75 Å². The van der Waals surface area contributed by atoms with Crippen LogP contribution in [0.3, 0.4) is 0 Å². The monoisotopic (exact) mass is 311 g/mol. The zero-order valence-corrected chi connectivity index (χ0v) is 12.1. The van der Waals surface area contributed by atoms with E-state index in [1.165, 1.54) is 6.07 Å². The lowest BCUT2D eigenvalue weighted by atomic mass is 10.2. The van der Waals surface area contributed by atoms with Crippen LogP contribution < -0.4 is 15.8 Å². The van der Waals surface area contributed by atoms with Crippen molar-refractivity contribution in [3.05, 3.63) is 66.6 Å². The Morgan fingerprint density at radius 1 is 1.09 bits per heavy atom. The Morgan fingerprint density at radius 3 is 2.74 bits per heavy atom. The molecule has 0 spiro atoms. The first-order valence-electron chi connectivity index (χ1n) is 6.87. The molecule has 0 fully saturated rings. The van der Waals surface area contributed by atoms with Gasteiger partial charge in [-0.05, 0) is 24.3 Å². The molecule has 6 nitrogen and oxygen atoms in total. The Labute approximate surface area is 132 Å². The summed E-state index contributed by atoms with van der Waals surface area (Å²) in [6, 6.07) is 8.27. The van der Waals surface area contributed by atoms with Gasteiger partial charge >= 0.3 is 0 Å².